The first-order valence-corrected chi connectivity index (χ1v) is 15.4. The molecule has 0 unspecified atom stereocenters. The highest BCUT2D eigenvalue weighted by Crippen LogP contribution is 2.27. The molecule has 208 valence electrons. The zero-order valence-corrected chi connectivity index (χ0v) is 25.2. The molecule has 0 spiro atoms. The van der Waals surface area contributed by atoms with Gasteiger partial charge in [-0.3, -0.25) is 13.9 Å². The second-order valence-electron chi connectivity index (χ2n) is 9.02. The zero-order chi connectivity index (χ0) is 28.4. The minimum Gasteiger partial charge on any atom is -0.354 e. The van der Waals surface area contributed by atoms with Crippen LogP contribution in [0.15, 0.2) is 88.2 Å². The summed E-state index contributed by atoms with van der Waals surface area (Å²) in [5, 5.41) is 3.47. The van der Waals surface area contributed by atoms with Crippen LogP contribution in [-0.2, 0) is 26.2 Å². The van der Waals surface area contributed by atoms with Crippen molar-refractivity contribution in [2.75, 3.05) is 17.4 Å². The van der Waals surface area contributed by atoms with E-state index in [1.54, 1.807) is 66.7 Å². The van der Waals surface area contributed by atoms with Crippen molar-refractivity contribution in [2.45, 2.75) is 50.6 Å². The van der Waals surface area contributed by atoms with Crippen molar-refractivity contribution in [1.82, 2.24) is 10.2 Å². The van der Waals surface area contributed by atoms with Crippen LogP contribution in [0.5, 0.6) is 0 Å². The van der Waals surface area contributed by atoms with Crippen LogP contribution in [-0.4, -0.2) is 44.3 Å². The molecule has 0 aliphatic heterocycles. The Morgan fingerprint density at radius 1 is 0.974 bits per heavy atom. The standard InChI is InChI=1S/C29H33BrClN3O4S/c1-3-5-18-32-29(36)27(4-2)33(20-22-14-16-24(31)17-15-22)28(35)21-34(25-11-9-10-23(30)19-25)39(37,38)26-12-7-6-8-13-26/h6-17,19,27H,3-5,18,20-21H2,1-2H3,(H,32,36)/t27-/m1/s1. The fraction of sp³-hybridized carbons (Fsp3) is 0.310. The number of nitrogens with one attached hydrogen (secondary N) is 1. The maximum Gasteiger partial charge on any atom is 0.264 e. The first kappa shape index (κ1) is 30.7. The number of carbonyl (C=O) groups is 2. The molecule has 0 aliphatic carbocycles. The highest BCUT2D eigenvalue weighted by Gasteiger charge is 2.33. The van der Waals surface area contributed by atoms with E-state index in [4.69, 9.17) is 11.6 Å². The number of hydrogen-bond acceptors (Lipinski definition) is 4. The van der Waals surface area contributed by atoms with Gasteiger partial charge in [0.2, 0.25) is 11.8 Å². The minimum atomic E-state index is -4.10. The Morgan fingerprint density at radius 3 is 2.28 bits per heavy atom. The number of nitrogens with zero attached hydrogens (tertiary/aromatic N) is 2. The van der Waals surface area contributed by atoms with Crippen molar-refractivity contribution in [2.24, 2.45) is 0 Å². The number of halogens is 2. The Hall–Kier alpha value is -2.88. The third-order valence-electron chi connectivity index (χ3n) is 6.19. The zero-order valence-electron chi connectivity index (χ0n) is 22.0. The van der Waals surface area contributed by atoms with Gasteiger partial charge in [-0.1, -0.05) is 84.2 Å². The average molecular weight is 635 g/mol. The van der Waals surface area contributed by atoms with Crippen LogP contribution >= 0.6 is 27.5 Å². The summed E-state index contributed by atoms with van der Waals surface area (Å²) in [5.41, 5.74) is 1.10. The van der Waals surface area contributed by atoms with Crippen LogP contribution in [0.25, 0.3) is 0 Å². The predicted octanol–water partition coefficient (Wildman–Crippen LogP) is 6.02. The Morgan fingerprint density at radius 2 is 1.67 bits per heavy atom. The molecule has 0 radical (unpaired) electrons. The Kier molecular flexibility index (Phi) is 11.4. The number of unbranched alkanes of at least 4 members (excludes halogenated alkanes) is 1. The molecule has 3 aromatic rings. The lowest BCUT2D eigenvalue weighted by Crippen LogP contribution is -2.52. The number of hydrogen-bond donors (Lipinski definition) is 1. The molecule has 0 saturated heterocycles. The lowest BCUT2D eigenvalue weighted by Gasteiger charge is -2.33. The molecule has 10 heteroatoms. The van der Waals surface area contributed by atoms with Crippen LogP contribution in [0.1, 0.15) is 38.7 Å². The van der Waals surface area contributed by atoms with Gasteiger partial charge in [0, 0.05) is 22.6 Å². The fourth-order valence-corrected chi connectivity index (χ4v) is 6.03. The number of rotatable bonds is 13. The monoisotopic (exact) mass is 633 g/mol. The van der Waals surface area contributed by atoms with Gasteiger partial charge in [0.25, 0.3) is 10.0 Å². The summed E-state index contributed by atoms with van der Waals surface area (Å²) in [7, 11) is -4.10. The number of benzene rings is 3. The smallest absolute Gasteiger partial charge is 0.264 e. The third-order valence-corrected chi connectivity index (χ3v) is 8.72. The van der Waals surface area contributed by atoms with Crippen LogP contribution in [0.2, 0.25) is 5.02 Å². The molecule has 1 N–H and O–H groups in total. The maximum atomic E-state index is 14.0. The van der Waals surface area contributed by atoms with Crippen molar-refractivity contribution in [3.05, 3.63) is 93.9 Å². The van der Waals surface area contributed by atoms with Crippen molar-refractivity contribution < 1.29 is 18.0 Å². The summed E-state index contributed by atoms with van der Waals surface area (Å²) in [6.45, 7) is 4.00. The van der Waals surface area contributed by atoms with Crippen LogP contribution < -0.4 is 9.62 Å². The quantitative estimate of drug-likeness (QED) is 0.233. The van der Waals surface area contributed by atoms with Crippen molar-refractivity contribution >= 4 is 55.1 Å². The fourth-order valence-electron chi connectivity index (χ4n) is 4.09. The molecule has 3 rings (SSSR count). The lowest BCUT2D eigenvalue weighted by atomic mass is 10.1. The van der Waals surface area contributed by atoms with E-state index < -0.39 is 28.5 Å². The van der Waals surface area contributed by atoms with Gasteiger partial charge >= 0.3 is 0 Å². The summed E-state index contributed by atoms with van der Waals surface area (Å²) >= 11 is 9.46. The van der Waals surface area contributed by atoms with Crippen LogP contribution in [0.3, 0.4) is 0 Å². The molecule has 0 bridgehead atoms. The van der Waals surface area contributed by atoms with E-state index >= 15 is 0 Å². The number of sulfonamides is 1. The topological polar surface area (TPSA) is 86.8 Å². The van der Waals surface area contributed by atoms with Crippen LogP contribution in [0, 0.1) is 0 Å². The highest BCUT2D eigenvalue weighted by molar-refractivity contribution is 9.10. The molecule has 0 fully saturated rings. The predicted molar refractivity (Wildman–Crippen MR) is 159 cm³/mol. The van der Waals surface area contributed by atoms with E-state index in [-0.39, 0.29) is 17.3 Å². The van der Waals surface area contributed by atoms with Gasteiger partial charge in [-0.05, 0) is 60.9 Å². The van der Waals surface area contributed by atoms with Gasteiger partial charge in [-0.25, -0.2) is 8.42 Å². The van der Waals surface area contributed by atoms with E-state index in [0.717, 1.165) is 22.7 Å². The van der Waals surface area contributed by atoms with Crippen molar-refractivity contribution in [3.8, 4) is 0 Å². The molecule has 0 aromatic heterocycles. The van der Waals surface area contributed by atoms with E-state index in [9.17, 15) is 18.0 Å². The third kappa shape index (κ3) is 8.30. The van der Waals surface area contributed by atoms with Gasteiger partial charge in [-0.2, -0.15) is 0 Å². The SMILES string of the molecule is CCCCNC(=O)[C@@H](CC)N(Cc1ccc(Cl)cc1)C(=O)CN(c1cccc(Br)c1)S(=O)(=O)c1ccccc1. The molecular formula is C29H33BrClN3O4S. The Bertz CT molecular complexity index is 1350. The summed E-state index contributed by atoms with van der Waals surface area (Å²) in [6.07, 6.45) is 2.10. The number of anilines is 1. The van der Waals surface area contributed by atoms with Gasteiger partial charge in [0.05, 0.1) is 10.6 Å². The first-order valence-electron chi connectivity index (χ1n) is 12.8. The lowest BCUT2D eigenvalue weighted by molar-refractivity contribution is -0.140. The van der Waals surface area contributed by atoms with E-state index in [1.807, 2.05) is 13.8 Å². The minimum absolute atomic E-state index is 0.0615. The second-order valence-corrected chi connectivity index (χ2v) is 12.2. The summed E-state index contributed by atoms with van der Waals surface area (Å²) in [5.74, 6) is -0.768. The number of amides is 2. The Balaban J connectivity index is 2.02. The largest absolute Gasteiger partial charge is 0.354 e. The van der Waals surface area contributed by atoms with Gasteiger partial charge in [-0.15, -0.1) is 0 Å². The maximum absolute atomic E-state index is 14.0. The molecule has 3 aromatic carbocycles. The molecule has 2 amide bonds. The Labute approximate surface area is 244 Å². The second kappa shape index (κ2) is 14.5. The molecule has 0 heterocycles. The number of carbonyl (C=O) groups excluding carboxylic acids is 2. The summed E-state index contributed by atoms with van der Waals surface area (Å²) < 4.78 is 29.3. The molecule has 0 saturated carbocycles. The van der Waals surface area contributed by atoms with E-state index in [1.165, 1.54) is 17.0 Å². The van der Waals surface area contributed by atoms with Crippen molar-refractivity contribution in [3.63, 3.8) is 0 Å². The van der Waals surface area contributed by atoms with E-state index in [0.29, 0.717) is 28.1 Å². The van der Waals surface area contributed by atoms with Crippen LogP contribution in [0.4, 0.5) is 5.69 Å². The average Bonchev–Trinajstić information content (AvgIpc) is 2.93. The molecular weight excluding hydrogens is 602 g/mol. The van der Waals surface area contributed by atoms with Gasteiger partial charge in [0.1, 0.15) is 12.6 Å². The molecule has 39 heavy (non-hydrogen) atoms. The molecule has 1 atom stereocenters. The molecule has 0 aliphatic rings. The molecule has 7 nitrogen and oxygen atoms in total. The normalized spacial score (nSPS) is 12.0. The highest BCUT2D eigenvalue weighted by atomic mass is 79.9. The summed E-state index contributed by atoms with van der Waals surface area (Å²) in [6, 6.07) is 21.0. The van der Waals surface area contributed by atoms with Crippen molar-refractivity contribution in [1.29, 1.82) is 0 Å². The summed E-state index contributed by atoms with van der Waals surface area (Å²) in [4.78, 5) is 28.7. The first-order chi connectivity index (χ1) is 18.7. The van der Waals surface area contributed by atoms with Gasteiger partial charge in [0.15, 0.2) is 0 Å². The van der Waals surface area contributed by atoms with Gasteiger partial charge < -0.3 is 10.2 Å². The van der Waals surface area contributed by atoms with E-state index in [2.05, 4.69) is 21.2 Å².